The third-order valence-electron chi connectivity index (χ3n) is 4.09. The summed E-state index contributed by atoms with van der Waals surface area (Å²) in [6.45, 7) is 7.93. The van der Waals surface area contributed by atoms with Crippen LogP contribution in [0.3, 0.4) is 0 Å². The Bertz CT molecular complexity index is 1070. The van der Waals surface area contributed by atoms with Gasteiger partial charge in [0.05, 0.1) is 16.1 Å². The maximum atomic E-state index is 12.8. The van der Waals surface area contributed by atoms with Gasteiger partial charge in [0, 0.05) is 0 Å². The van der Waals surface area contributed by atoms with Crippen LogP contribution in [0, 0.1) is 0 Å². The van der Waals surface area contributed by atoms with E-state index in [1.807, 2.05) is 18.2 Å². The fraction of sp³-hybridized carbons (Fsp3) is 0.211. The van der Waals surface area contributed by atoms with Gasteiger partial charge in [-0.05, 0) is 29.5 Å². The summed E-state index contributed by atoms with van der Waals surface area (Å²) in [4.78, 5) is 21.1. The van der Waals surface area contributed by atoms with Crippen LogP contribution in [0.25, 0.3) is 16.7 Å². The van der Waals surface area contributed by atoms with Crippen LogP contribution in [0.1, 0.15) is 30.9 Å². The number of nitrogens with zero attached hydrogens (tertiary/aromatic N) is 3. The molecule has 1 aromatic carbocycles. The van der Waals surface area contributed by atoms with Gasteiger partial charge in [0.2, 0.25) is 0 Å². The molecular weight excluding hydrogens is 393 g/mol. The first kappa shape index (κ1) is 18.9. The van der Waals surface area contributed by atoms with Crippen molar-refractivity contribution in [3.05, 3.63) is 73.9 Å². The second kappa shape index (κ2) is 7.39. The second-order valence-electron chi connectivity index (χ2n) is 6.16. The van der Waals surface area contributed by atoms with Crippen molar-refractivity contribution in [1.82, 2.24) is 14.5 Å². The largest absolute Gasteiger partial charge is 0.355 e. The molecule has 0 spiro atoms. The maximum Gasteiger partial charge on any atom is 0.355 e. The number of hydrogen-bond acceptors (Lipinski definition) is 3. The summed E-state index contributed by atoms with van der Waals surface area (Å²) < 4.78 is 1.46. The minimum atomic E-state index is -0.521. The predicted octanol–water partition coefficient (Wildman–Crippen LogP) is 5.59. The Morgan fingerprint density at radius 1 is 1.19 bits per heavy atom. The first-order valence-corrected chi connectivity index (χ1v) is 9.16. The number of aromatic nitrogens is 3. The van der Waals surface area contributed by atoms with Crippen LogP contribution in [0.2, 0.25) is 15.3 Å². The van der Waals surface area contributed by atoms with Gasteiger partial charge in [0.25, 0.3) is 0 Å². The lowest BCUT2D eigenvalue weighted by molar-refractivity contribution is 0.827. The Labute approximate surface area is 166 Å². The Kier molecular flexibility index (Phi) is 5.37. The summed E-state index contributed by atoms with van der Waals surface area (Å²) in [5, 5.41) is 0.849. The van der Waals surface area contributed by atoms with E-state index in [4.69, 9.17) is 34.8 Å². The molecule has 0 bridgehead atoms. The van der Waals surface area contributed by atoms with Crippen LogP contribution in [-0.4, -0.2) is 14.5 Å². The van der Waals surface area contributed by atoms with Gasteiger partial charge in [-0.2, -0.15) is 4.98 Å². The molecule has 0 amide bonds. The lowest BCUT2D eigenvalue weighted by atomic mass is 9.96. The minimum Gasteiger partial charge on any atom is -0.245 e. The minimum absolute atomic E-state index is 0.0413. The fourth-order valence-corrected chi connectivity index (χ4v) is 3.43. The molecule has 0 atom stereocenters. The molecule has 2 heterocycles. The Hall–Kier alpha value is -1.88. The van der Waals surface area contributed by atoms with Crippen molar-refractivity contribution in [2.24, 2.45) is 0 Å². The molecule has 0 unspecified atom stereocenters. The van der Waals surface area contributed by atoms with Crippen LogP contribution in [0.15, 0.2) is 41.7 Å². The van der Waals surface area contributed by atoms with Crippen LogP contribution in [-0.2, 0) is 6.42 Å². The van der Waals surface area contributed by atoms with Gasteiger partial charge < -0.3 is 0 Å². The van der Waals surface area contributed by atoms with Crippen molar-refractivity contribution in [2.45, 2.75) is 26.2 Å². The summed E-state index contributed by atoms with van der Waals surface area (Å²) in [5.74, 6) is 0.176. The van der Waals surface area contributed by atoms with Gasteiger partial charge in [-0.15, -0.1) is 6.58 Å². The number of hydrogen-bond donors (Lipinski definition) is 0. The highest BCUT2D eigenvalue weighted by Gasteiger charge is 2.20. The third-order valence-corrected chi connectivity index (χ3v) is 5.05. The van der Waals surface area contributed by atoms with Gasteiger partial charge >= 0.3 is 5.69 Å². The Balaban J connectivity index is 2.52. The zero-order chi connectivity index (χ0) is 19.0. The quantitative estimate of drug-likeness (QED) is 0.321. The summed E-state index contributed by atoms with van der Waals surface area (Å²) >= 11 is 18.4. The smallest absolute Gasteiger partial charge is 0.245 e. The summed E-state index contributed by atoms with van der Waals surface area (Å²) in [7, 11) is 0. The topological polar surface area (TPSA) is 47.8 Å². The Morgan fingerprint density at radius 2 is 1.92 bits per heavy atom. The molecule has 0 saturated carbocycles. The molecular formula is C19H16Cl3N3O. The first-order chi connectivity index (χ1) is 12.3. The highest BCUT2D eigenvalue weighted by Crippen LogP contribution is 2.32. The van der Waals surface area contributed by atoms with E-state index < -0.39 is 5.69 Å². The van der Waals surface area contributed by atoms with Crippen molar-refractivity contribution in [2.75, 3.05) is 0 Å². The summed E-state index contributed by atoms with van der Waals surface area (Å²) in [6, 6.07) is 7.47. The number of benzene rings is 1. The van der Waals surface area contributed by atoms with E-state index in [0.717, 1.165) is 16.8 Å². The number of allylic oxidation sites excluding steroid dienone is 1. The first-order valence-electron chi connectivity index (χ1n) is 8.02. The van der Waals surface area contributed by atoms with Crippen molar-refractivity contribution in [1.29, 1.82) is 0 Å². The third kappa shape index (κ3) is 3.25. The molecule has 134 valence electrons. The lowest BCUT2D eigenvalue weighted by Crippen LogP contribution is -2.25. The van der Waals surface area contributed by atoms with E-state index >= 15 is 0 Å². The highest BCUT2D eigenvalue weighted by molar-refractivity contribution is 6.42. The number of halogens is 3. The monoisotopic (exact) mass is 407 g/mol. The van der Waals surface area contributed by atoms with E-state index in [0.29, 0.717) is 17.5 Å². The van der Waals surface area contributed by atoms with Gasteiger partial charge in [-0.3, -0.25) is 0 Å². The molecule has 0 aliphatic heterocycles. The molecule has 4 nitrogen and oxygen atoms in total. The molecule has 3 rings (SSSR count). The van der Waals surface area contributed by atoms with Crippen molar-refractivity contribution < 1.29 is 0 Å². The number of rotatable bonds is 4. The molecule has 26 heavy (non-hydrogen) atoms. The predicted molar refractivity (Wildman–Crippen MR) is 108 cm³/mol. The molecule has 7 heteroatoms. The summed E-state index contributed by atoms with van der Waals surface area (Å²) in [6.07, 6.45) is 2.38. The normalized spacial score (nSPS) is 11.3. The molecule has 0 saturated heterocycles. The zero-order valence-electron chi connectivity index (χ0n) is 14.3. The van der Waals surface area contributed by atoms with Gasteiger partial charge in [0.15, 0.2) is 5.65 Å². The zero-order valence-corrected chi connectivity index (χ0v) is 16.5. The van der Waals surface area contributed by atoms with Gasteiger partial charge in [0.1, 0.15) is 10.3 Å². The second-order valence-corrected chi connectivity index (χ2v) is 7.28. The molecule has 0 radical (unpaired) electrons. The van der Waals surface area contributed by atoms with Crippen LogP contribution < -0.4 is 5.69 Å². The van der Waals surface area contributed by atoms with Crippen LogP contribution in [0.4, 0.5) is 0 Å². The van der Waals surface area contributed by atoms with E-state index in [1.54, 1.807) is 12.1 Å². The molecule has 0 N–H and O–H groups in total. The number of fused-ring (bicyclic) bond motifs is 1. The Morgan fingerprint density at radius 3 is 2.58 bits per heavy atom. The average Bonchev–Trinajstić information content (AvgIpc) is 2.58. The lowest BCUT2D eigenvalue weighted by Gasteiger charge is -2.19. The van der Waals surface area contributed by atoms with E-state index in [1.165, 1.54) is 4.57 Å². The standard InChI is InChI=1S/C19H16Cl3N3O/c1-4-6-11-7-5-8-12(10(2)3)15(11)25-18-13(16(21)24-19(25)26)9-14(20)17(22)23-18/h4-5,7-10H,1,6H2,2-3H3. The number of pyridine rings is 1. The molecule has 0 aliphatic carbocycles. The fourth-order valence-electron chi connectivity index (χ4n) is 2.94. The van der Waals surface area contributed by atoms with E-state index in [-0.39, 0.29) is 21.2 Å². The molecule has 0 aliphatic rings. The van der Waals surface area contributed by atoms with Gasteiger partial charge in [-0.25, -0.2) is 14.3 Å². The molecule has 2 aromatic heterocycles. The number of para-hydroxylation sites is 1. The van der Waals surface area contributed by atoms with Gasteiger partial charge in [-0.1, -0.05) is 72.9 Å². The van der Waals surface area contributed by atoms with Crippen molar-refractivity contribution >= 4 is 45.8 Å². The van der Waals surface area contributed by atoms with E-state index in [2.05, 4.69) is 30.4 Å². The average molecular weight is 409 g/mol. The summed E-state index contributed by atoms with van der Waals surface area (Å²) in [5.41, 5.74) is 2.46. The highest BCUT2D eigenvalue weighted by atomic mass is 35.5. The van der Waals surface area contributed by atoms with E-state index in [9.17, 15) is 4.79 Å². The van der Waals surface area contributed by atoms with Crippen LogP contribution in [0.5, 0.6) is 0 Å². The van der Waals surface area contributed by atoms with Crippen molar-refractivity contribution in [3.63, 3.8) is 0 Å². The SMILES string of the molecule is C=CCc1cccc(C(C)C)c1-n1c(=O)nc(Cl)c2cc(Cl)c(Cl)nc21. The van der Waals surface area contributed by atoms with Crippen LogP contribution >= 0.6 is 34.8 Å². The molecule has 3 aromatic rings. The van der Waals surface area contributed by atoms with Crippen molar-refractivity contribution in [3.8, 4) is 5.69 Å². The molecule has 0 fully saturated rings. The maximum absolute atomic E-state index is 12.8.